The number of carbonyl (C=O) groups excluding carboxylic acids is 1. The van der Waals surface area contributed by atoms with Crippen LogP contribution in [0.1, 0.15) is 12.8 Å². The van der Waals surface area contributed by atoms with Gasteiger partial charge in [0.1, 0.15) is 0 Å². The lowest BCUT2D eigenvalue weighted by Gasteiger charge is -2.29. The Morgan fingerprint density at radius 2 is 2.11 bits per heavy atom. The Kier molecular flexibility index (Phi) is 5.41. The van der Waals surface area contributed by atoms with E-state index in [0.29, 0.717) is 0 Å². The van der Waals surface area contributed by atoms with E-state index in [-0.39, 0.29) is 11.8 Å². The molecule has 0 radical (unpaired) electrons. The van der Waals surface area contributed by atoms with Crippen molar-refractivity contribution in [2.45, 2.75) is 12.8 Å². The van der Waals surface area contributed by atoms with Gasteiger partial charge < -0.3 is 15.0 Å². The Labute approximate surface area is 109 Å². The van der Waals surface area contributed by atoms with Crippen LogP contribution < -0.4 is 5.32 Å². The highest BCUT2D eigenvalue weighted by Crippen LogP contribution is 2.14. The first kappa shape index (κ1) is 13.8. The van der Waals surface area contributed by atoms with Crippen molar-refractivity contribution in [1.82, 2.24) is 15.1 Å². The molecule has 5 nitrogen and oxygen atoms in total. The quantitative estimate of drug-likeness (QED) is 0.754. The van der Waals surface area contributed by atoms with E-state index in [9.17, 15) is 4.79 Å². The molecule has 2 aliphatic heterocycles. The van der Waals surface area contributed by atoms with Crippen LogP contribution in [0.15, 0.2) is 0 Å². The summed E-state index contributed by atoms with van der Waals surface area (Å²) >= 11 is 0. The second kappa shape index (κ2) is 7.07. The zero-order valence-electron chi connectivity index (χ0n) is 11.4. The van der Waals surface area contributed by atoms with Crippen molar-refractivity contribution in [1.29, 1.82) is 0 Å². The minimum absolute atomic E-state index is 0.188. The molecule has 0 aromatic rings. The van der Waals surface area contributed by atoms with E-state index < -0.39 is 0 Å². The van der Waals surface area contributed by atoms with E-state index in [1.807, 2.05) is 0 Å². The van der Waals surface area contributed by atoms with E-state index >= 15 is 0 Å². The van der Waals surface area contributed by atoms with Gasteiger partial charge in [-0.2, -0.15) is 0 Å². The number of nitrogens with one attached hydrogen (secondary N) is 1. The maximum absolute atomic E-state index is 12.0. The molecule has 0 bridgehead atoms. The fourth-order valence-corrected chi connectivity index (χ4v) is 2.69. The first-order valence-corrected chi connectivity index (χ1v) is 7.02. The molecule has 0 spiro atoms. The number of rotatable bonds is 4. The molecule has 1 amide bonds. The van der Waals surface area contributed by atoms with Crippen molar-refractivity contribution >= 4 is 5.91 Å². The number of ether oxygens (including phenoxy) is 1. The third-order valence-electron chi connectivity index (χ3n) is 3.83. The van der Waals surface area contributed by atoms with Crippen molar-refractivity contribution in [2.24, 2.45) is 5.92 Å². The minimum atomic E-state index is 0.188. The predicted octanol–water partition coefficient (Wildman–Crippen LogP) is -0.223. The molecule has 2 rings (SSSR count). The lowest BCUT2D eigenvalue weighted by Crippen LogP contribution is -2.45. The van der Waals surface area contributed by atoms with Gasteiger partial charge in [-0.15, -0.1) is 0 Å². The highest BCUT2D eigenvalue weighted by Gasteiger charge is 2.23. The van der Waals surface area contributed by atoms with E-state index in [2.05, 4.69) is 22.2 Å². The molecule has 2 heterocycles. The summed E-state index contributed by atoms with van der Waals surface area (Å²) in [6.07, 6.45) is 2.17. The van der Waals surface area contributed by atoms with Crippen LogP contribution in [0, 0.1) is 5.92 Å². The summed E-state index contributed by atoms with van der Waals surface area (Å²) in [4.78, 5) is 16.6. The fourth-order valence-electron chi connectivity index (χ4n) is 2.69. The van der Waals surface area contributed by atoms with Gasteiger partial charge in [-0.05, 0) is 26.4 Å². The van der Waals surface area contributed by atoms with Crippen molar-refractivity contribution in [3.05, 3.63) is 0 Å². The molecule has 2 fully saturated rings. The van der Waals surface area contributed by atoms with Gasteiger partial charge in [-0.1, -0.05) is 0 Å². The third-order valence-corrected chi connectivity index (χ3v) is 3.83. The van der Waals surface area contributed by atoms with Crippen LogP contribution in [0.2, 0.25) is 0 Å². The van der Waals surface area contributed by atoms with Gasteiger partial charge in [0.05, 0.1) is 19.1 Å². The highest BCUT2D eigenvalue weighted by atomic mass is 16.5. The van der Waals surface area contributed by atoms with Crippen molar-refractivity contribution < 1.29 is 9.53 Å². The maximum atomic E-state index is 12.0. The fraction of sp³-hybridized carbons (Fsp3) is 0.923. The van der Waals surface area contributed by atoms with E-state index in [4.69, 9.17) is 4.74 Å². The summed E-state index contributed by atoms with van der Waals surface area (Å²) in [6.45, 7) is 7.35. The number of likely N-dealkylation sites (tertiary alicyclic amines) is 1. The first-order chi connectivity index (χ1) is 8.75. The number of piperidine rings is 1. The number of morpholine rings is 1. The zero-order valence-corrected chi connectivity index (χ0v) is 11.4. The number of amides is 1. The molecule has 0 aromatic carbocycles. The van der Waals surface area contributed by atoms with Gasteiger partial charge in [0.15, 0.2) is 0 Å². The number of hydrogen-bond donors (Lipinski definition) is 1. The maximum Gasteiger partial charge on any atom is 0.224 e. The standard InChI is InChI=1S/C13H25N3O2/c1-15-5-2-3-12(11-15)13(17)14-4-6-16-7-9-18-10-8-16/h12H,2-11H2,1H3,(H,14,17)/t12-/m1/s1. The molecule has 1 N–H and O–H groups in total. The summed E-state index contributed by atoms with van der Waals surface area (Å²) < 4.78 is 5.30. The predicted molar refractivity (Wildman–Crippen MR) is 70.5 cm³/mol. The number of carbonyl (C=O) groups is 1. The van der Waals surface area contributed by atoms with Gasteiger partial charge in [-0.3, -0.25) is 9.69 Å². The normalized spacial score (nSPS) is 27.1. The molecule has 0 saturated carbocycles. The van der Waals surface area contributed by atoms with Crippen LogP contribution in [0.5, 0.6) is 0 Å². The summed E-state index contributed by atoms with van der Waals surface area (Å²) in [7, 11) is 2.09. The average Bonchev–Trinajstić information content (AvgIpc) is 2.40. The third kappa shape index (κ3) is 4.23. The Bertz CT molecular complexity index is 267. The Morgan fingerprint density at radius 3 is 2.83 bits per heavy atom. The van der Waals surface area contributed by atoms with E-state index in [0.717, 1.165) is 65.3 Å². The number of nitrogens with zero attached hydrogens (tertiary/aromatic N) is 2. The second-order valence-electron chi connectivity index (χ2n) is 5.35. The Morgan fingerprint density at radius 1 is 1.33 bits per heavy atom. The van der Waals surface area contributed by atoms with Crippen LogP contribution >= 0.6 is 0 Å². The average molecular weight is 255 g/mol. The molecule has 0 aliphatic carbocycles. The monoisotopic (exact) mass is 255 g/mol. The van der Waals surface area contributed by atoms with Gasteiger partial charge in [0.25, 0.3) is 0 Å². The Balaban J connectivity index is 1.61. The van der Waals surface area contributed by atoms with Gasteiger partial charge in [-0.25, -0.2) is 0 Å². The van der Waals surface area contributed by atoms with Crippen molar-refractivity contribution in [2.75, 3.05) is 59.5 Å². The second-order valence-corrected chi connectivity index (χ2v) is 5.35. The summed E-state index contributed by atoms with van der Waals surface area (Å²) in [5.74, 6) is 0.420. The lowest BCUT2D eigenvalue weighted by atomic mass is 9.98. The summed E-state index contributed by atoms with van der Waals surface area (Å²) in [6, 6.07) is 0. The molecule has 1 atom stereocenters. The van der Waals surface area contributed by atoms with E-state index in [1.165, 1.54) is 0 Å². The summed E-state index contributed by atoms with van der Waals surface area (Å²) in [5, 5.41) is 3.07. The SMILES string of the molecule is CN1CCC[C@@H](C(=O)NCCN2CCOCC2)C1. The van der Waals surface area contributed by atoms with Crippen LogP contribution in [-0.2, 0) is 9.53 Å². The molecule has 0 unspecified atom stereocenters. The van der Waals surface area contributed by atoms with E-state index in [1.54, 1.807) is 0 Å². The molecule has 0 aromatic heterocycles. The minimum Gasteiger partial charge on any atom is -0.379 e. The highest BCUT2D eigenvalue weighted by molar-refractivity contribution is 5.78. The lowest BCUT2D eigenvalue weighted by molar-refractivity contribution is -0.126. The molecular weight excluding hydrogens is 230 g/mol. The van der Waals surface area contributed by atoms with Crippen LogP contribution in [0.3, 0.4) is 0 Å². The molecular formula is C13H25N3O2. The van der Waals surface area contributed by atoms with Gasteiger partial charge in [0, 0.05) is 32.7 Å². The molecule has 18 heavy (non-hydrogen) atoms. The molecule has 2 saturated heterocycles. The summed E-state index contributed by atoms with van der Waals surface area (Å²) in [5.41, 5.74) is 0. The Hall–Kier alpha value is -0.650. The zero-order chi connectivity index (χ0) is 12.8. The molecule has 5 heteroatoms. The van der Waals surface area contributed by atoms with Crippen molar-refractivity contribution in [3.63, 3.8) is 0 Å². The van der Waals surface area contributed by atoms with Crippen LogP contribution in [-0.4, -0.2) is 75.2 Å². The van der Waals surface area contributed by atoms with Crippen LogP contribution in [0.25, 0.3) is 0 Å². The van der Waals surface area contributed by atoms with Crippen molar-refractivity contribution in [3.8, 4) is 0 Å². The van der Waals surface area contributed by atoms with Crippen LogP contribution in [0.4, 0.5) is 0 Å². The topological polar surface area (TPSA) is 44.8 Å². The van der Waals surface area contributed by atoms with Gasteiger partial charge >= 0.3 is 0 Å². The van der Waals surface area contributed by atoms with Gasteiger partial charge in [0.2, 0.25) is 5.91 Å². The largest absolute Gasteiger partial charge is 0.379 e. The molecule has 104 valence electrons. The first-order valence-electron chi connectivity index (χ1n) is 7.02. The smallest absolute Gasteiger partial charge is 0.224 e. The number of hydrogen-bond acceptors (Lipinski definition) is 4. The molecule has 2 aliphatic rings.